The molecule has 0 aromatic heterocycles. The fourth-order valence-corrected chi connectivity index (χ4v) is 3.18. The van der Waals surface area contributed by atoms with Crippen LogP contribution >= 0.6 is 8.38 Å². The highest BCUT2D eigenvalue weighted by Gasteiger charge is 2.13. The molecule has 2 nitrogen and oxygen atoms in total. The van der Waals surface area contributed by atoms with Gasteiger partial charge in [0.25, 0.3) is 0 Å². The summed E-state index contributed by atoms with van der Waals surface area (Å²) in [5.41, 5.74) is 2.39. The first-order valence-electron chi connectivity index (χ1n) is 6.47. The molecule has 0 saturated carbocycles. The molecule has 0 aliphatic rings. The van der Waals surface area contributed by atoms with E-state index in [4.69, 9.17) is 9.05 Å². The predicted octanol–water partition coefficient (Wildman–Crippen LogP) is 4.92. The molecule has 100 valence electrons. The van der Waals surface area contributed by atoms with Crippen molar-refractivity contribution in [3.05, 3.63) is 65.7 Å². The molecule has 0 aliphatic carbocycles. The molecular weight excluding hydrogens is 255 g/mol. The Morgan fingerprint density at radius 3 is 2.32 bits per heavy atom. The van der Waals surface area contributed by atoms with Crippen molar-refractivity contribution >= 4 is 8.38 Å². The van der Waals surface area contributed by atoms with E-state index in [0.717, 1.165) is 17.5 Å². The molecular formula is C16H19O2P. The van der Waals surface area contributed by atoms with Crippen LogP contribution in [0.2, 0.25) is 0 Å². The second-order valence-electron chi connectivity index (χ2n) is 4.25. The SMILES string of the molecule is CCOP(Cc1ccccc1)Oc1ccccc1C. The van der Waals surface area contributed by atoms with Crippen molar-refractivity contribution in [1.82, 2.24) is 0 Å². The van der Waals surface area contributed by atoms with E-state index in [2.05, 4.69) is 25.1 Å². The summed E-state index contributed by atoms with van der Waals surface area (Å²) in [5, 5.41) is 0. The molecule has 2 rings (SSSR count). The van der Waals surface area contributed by atoms with E-state index in [1.165, 1.54) is 5.56 Å². The van der Waals surface area contributed by atoms with Gasteiger partial charge in [-0.15, -0.1) is 0 Å². The zero-order chi connectivity index (χ0) is 13.5. The topological polar surface area (TPSA) is 18.5 Å². The second-order valence-corrected chi connectivity index (χ2v) is 5.67. The van der Waals surface area contributed by atoms with Gasteiger partial charge in [-0.2, -0.15) is 0 Å². The summed E-state index contributed by atoms with van der Waals surface area (Å²) < 4.78 is 11.8. The van der Waals surface area contributed by atoms with Gasteiger partial charge < -0.3 is 9.05 Å². The van der Waals surface area contributed by atoms with Gasteiger partial charge in [-0.3, -0.25) is 0 Å². The molecule has 0 amide bonds. The van der Waals surface area contributed by atoms with Crippen LogP contribution in [0.15, 0.2) is 54.6 Å². The maximum absolute atomic E-state index is 6.03. The van der Waals surface area contributed by atoms with Gasteiger partial charge in [0, 0.05) is 0 Å². The highest BCUT2D eigenvalue weighted by Crippen LogP contribution is 2.43. The molecule has 2 aromatic carbocycles. The van der Waals surface area contributed by atoms with Gasteiger partial charge >= 0.3 is 0 Å². The fourth-order valence-electron chi connectivity index (χ4n) is 1.75. The lowest BCUT2D eigenvalue weighted by molar-refractivity contribution is 0.332. The van der Waals surface area contributed by atoms with E-state index in [-0.39, 0.29) is 0 Å². The molecule has 0 saturated heterocycles. The average Bonchev–Trinajstić information content (AvgIpc) is 2.43. The van der Waals surface area contributed by atoms with Gasteiger partial charge in [-0.25, -0.2) is 0 Å². The molecule has 2 aromatic rings. The quantitative estimate of drug-likeness (QED) is 0.696. The van der Waals surface area contributed by atoms with Crippen molar-refractivity contribution in [2.45, 2.75) is 20.0 Å². The van der Waals surface area contributed by atoms with E-state index < -0.39 is 8.38 Å². The van der Waals surface area contributed by atoms with Gasteiger partial charge in [-0.1, -0.05) is 48.5 Å². The molecule has 0 fully saturated rings. The van der Waals surface area contributed by atoms with Crippen LogP contribution in [0.3, 0.4) is 0 Å². The standard InChI is InChI=1S/C16H19O2P/c1-3-17-19(13-15-10-5-4-6-11-15)18-16-12-8-7-9-14(16)2/h4-12H,3,13H2,1-2H3. The van der Waals surface area contributed by atoms with E-state index >= 15 is 0 Å². The average molecular weight is 274 g/mol. The molecule has 0 bridgehead atoms. The Kier molecular flexibility index (Phi) is 5.38. The Morgan fingerprint density at radius 1 is 0.947 bits per heavy atom. The Hall–Kier alpha value is -1.37. The Bertz CT molecular complexity index is 499. The summed E-state index contributed by atoms with van der Waals surface area (Å²) in [4.78, 5) is 0. The van der Waals surface area contributed by atoms with Crippen molar-refractivity contribution in [3.8, 4) is 5.75 Å². The summed E-state index contributed by atoms with van der Waals surface area (Å²) in [6.07, 6.45) is 0.818. The van der Waals surface area contributed by atoms with E-state index in [0.29, 0.717) is 6.61 Å². The number of rotatable bonds is 6. The van der Waals surface area contributed by atoms with Gasteiger partial charge in [0.05, 0.1) is 12.8 Å². The third-order valence-corrected chi connectivity index (χ3v) is 4.29. The molecule has 1 unspecified atom stereocenters. The largest absolute Gasteiger partial charge is 0.447 e. The highest BCUT2D eigenvalue weighted by atomic mass is 31.2. The van der Waals surface area contributed by atoms with Crippen molar-refractivity contribution in [1.29, 1.82) is 0 Å². The smallest absolute Gasteiger partial charge is 0.234 e. The molecule has 0 aliphatic heterocycles. The highest BCUT2D eigenvalue weighted by molar-refractivity contribution is 7.46. The van der Waals surface area contributed by atoms with Crippen LogP contribution in [0.25, 0.3) is 0 Å². The zero-order valence-corrected chi connectivity index (χ0v) is 12.3. The summed E-state index contributed by atoms with van der Waals surface area (Å²) >= 11 is 0. The van der Waals surface area contributed by atoms with Gasteiger partial charge in [0.1, 0.15) is 5.75 Å². The molecule has 1 atom stereocenters. The summed E-state index contributed by atoms with van der Waals surface area (Å²) in [7, 11) is -0.930. The minimum Gasteiger partial charge on any atom is -0.447 e. The normalized spacial score (nSPS) is 12.1. The lowest BCUT2D eigenvalue weighted by Crippen LogP contribution is -1.97. The number of benzene rings is 2. The zero-order valence-electron chi connectivity index (χ0n) is 11.4. The van der Waals surface area contributed by atoms with E-state index in [1.54, 1.807) is 0 Å². The number of para-hydroxylation sites is 1. The first-order valence-corrected chi connectivity index (χ1v) is 7.84. The Balaban J connectivity index is 2.06. The maximum atomic E-state index is 6.03. The second kappa shape index (κ2) is 7.28. The van der Waals surface area contributed by atoms with Crippen LogP contribution in [0.5, 0.6) is 5.75 Å². The fraction of sp³-hybridized carbons (Fsp3) is 0.250. The number of hydrogen-bond acceptors (Lipinski definition) is 2. The molecule has 0 N–H and O–H groups in total. The van der Waals surface area contributed by atoms with Crippen LogP contribution < -0.4 is 4.52 Å². The van der Waals surface area contributed by atoms with Crippen LogP contribution in [-0.2, 0) is 10.7 Å². The van der Waals surface area contributed by atoms with Crippen molar-refractivity contribution < 1.29 is 9.05 Å². The van der Waals surface area contributed by atoms with Gasteiger partial charge in [0.15, 0.2) is 0 Å². The van der Waals surface area contributed by atoms with Crippen molar-refractivity contribution in [3.63, 3.8) is 0 Å². The number of aryl methyl sites for hydroxylation is 1. The third-order valence-electron chi connectivity index (χ3n) is 2.72. The first-order chi connectivity index (χ1) is 9.29. The first kappa shape index (κ1) is 14.0. The lowest BCUT2D eigenvalue weighted by atomic mass is 10.2. The minimum atomic E-state index is -0.930. The number of hydrogen-bond donors (Lipinski definition) is 0. The van der Waals surface area contributed by atoms with E-state index in [1.807, 2.05) is 43.3 Å². The van der Waals surface area contributed by atoms with Crippen LogP contribution in [0, 0.1) is 6.92 Å². The molecule has 3 heteroatoms. The van der Waals surface area contributed by atoms with Gasteiger partial charge in [-0.05, 0) is 31.0 Å². The lowest BCUT2D eigenvalue weighted by Gasteiger charge is -2.18. The van der Waals surface area contributed by atoms with Crippen LogP contribution in [-0.4, -0.2) is 6.61 Å². The van der Waals surface area contributed by atoms with Crippen LogP contribution in [0.4, 0.5) is 0 Å². The maximum Gasteiger partial charge on any atom is 0.234 e. The molecule has 19 heavy (non-hydrogen) atoms. The van der Waals surface area contributed by atoms with Crippen LogP contribution in [0.1, 0.15) is 18.1 Å². The monoisotopic (exact) mass is 274 g/mol. The summed E-state index contributed by atoms with van der Waals surface area (Å²) in [5.74, 6) is 0.915. The summed E-state index contributed by atoms with van der Waals surface area (Å²) in [6.45, 7) is 4.73. The summed E-state index contributed by atoms with van der Waals surface area (Å²) in [6, 6.07) is 18.4. The molecule has 0 spiro atoms. The van der Waals surface area contributed by atoms with Gasteiger partial charge in [0.2, 0.25) is 8.38 Å². The third kappa shape index (κ3) is 4.34. The molecule has 0 heterocycles. The van der Waals surface area contributed by atoms with Crippen molar-refractivity contribution in [2.24, 2.45) is 0 Å². The van der Waals surface area contributed by atoms with Crippen molar-refractivity contribution in [2.75, 3.05) is 6.61 Å². The predicted molar refractivity (Wildman–Crippen MR) is 80.5 cm³/mol. The Morgan fingerprint density at radius 2 is 1.63 bits per heavy atom. The molecule has 0 radical (unpaired) electrons. The Labute approximate surface area is 116 Å². The van der Waals surface area contributed by atoms with E-state index in [9.17, 15) is 0 Å². The minimum absolute atomic E-state index is 0.671.